The SMILES string of the molecule is CCOC(=O)/C=C(/C(=O)OCC)c1ccc(OC)cc1. The van der Waals surface area contributed by atoms with Crippen molar-refractivity contribution in [1.29, 1.82) is 0 Å². The topological polar surface area (TPSA) is 61.8 Å². The molecule has 1 aromatic carbocycles. The van der Waals surface area contributed by atoms with Gasteiger partial charge in [0, 0.05) is 6.08 Å². The molecule has 0 amide bonds. The second-order valence-corrected chi connectivity index (χ2v) is 3.76. The Labute approximate surface area is 118 Å². The van der Waals surface area contributed by atoms with Crippen LogP contribution in [0, 0.1) is 0 Å². The normalized spacial score (nSPS) is 10.8. The van der Waals surface area contributed by atoms with Gasteiger partial charge in [-0.05, 0) is 31.5 Å². The van der Waals surface area contributed by atoms with Gasteiger partial charge in [0.2, 0.25) is 0 Å². The Morgan fingerprint density at radius 1 is 1.05 bits per heavy atom. The summed E-state index contributed by atoms with van der Waals surface area (Å²) in [6.07, 6.45) is 1.14. The molecule has 0 heterocycles. The Morgan fingerprint density at radius 3 is 2.15 bits per heavy atom. The smallest absolute Gasteiger partial charge is 0.338 e. The predicted octanol–water partition coefficient (Wildman–Crippen LogP) is 2.20. The van der Waals surface area contributed by atoms with Gasteiger partial charge in [0.05, 0.1) is 25.9 Å². The van der Waals surface area contributed by atoms with Gasteiger partial charge < -0.3 is 14.2 Å². The van der Waals surface area contributed by atoms with E-state index < -0.39 is 11.9 Å². The lowest BCUT2D eigenvalue weighted by atomic mass is 10.1. The van der Waals surface area contributed by atoms with Crippen LogP contribution in [0.3, 0.4) is 0 Å². The fourth-order valence-electron chi connectivity index (χ4n) is 1.54. The summed E-state index contributed by atoms with van der Waals surface area (Å²) in [5.41, 5.74) is 0.727. The summed E-state index contributed by atoms with van der Waals surface area (Å²) in [5.74, 6) is -0.481. The molecule has 0 saturated heterocycles. The van der Waals surface area contributed by atoms with Crippen molar-refractivity contribution < 1.29 is 23.8 Å². The first-order chi connectivity index (χ1) is 9.62. The number of methoxy groups -OCH3 is 1. The monoisotopic (exact) mass is 278 g/mol. The van der Waals surface area contributed by atoms with E-state index >= 15 is 0 Å². The number of esters is 2. The number of carbonyl (C=O) groups is 2. The molecule has 0 spiro atoms. The Morgan fingerprint density at radius 2 is 1.65 bits per heavy atom. The van der Waals surface area contributed by atoms with Crippen LogP contribution in [0.2, 0.25) is 0 Å². The van der Waals surface area contributed by atoms with Crippen LogP contribution in [0.1, 0.15) is 19.4 Å². The van der Waals surface area contributed by atoms with E-state index in [1.165, 1.54) is 0 Å². The van der Waals surface area contributed by atoms with Gasteiger partial charge in [0.15, 0.2) is 0 Å². The van der Waals surface area contributed by atoms with E-state index in [1.54, 1.807) is 45.2 Å². The Bertz CT molecular complexity index is 487. The number of hydrogen-bond acceptors (Lipinski definition) is 5. The summed E-state index contributed by atoms with van der Waals surface area (Å²) in [4.78, 5) is 23.4. The molecule has 1 aromatic rings. The molecular formula is C15H18O5. The zero-order valence-corrected chi connectivity index (χ0v) is 11.8. The van der Waals surface area contributed by atoms with Crippen LogP contribution in [0.15, 0.2) is 30.3 Å². The van der Waals surface area contributed by atoms with E-state index in [-0.39, 0.29) is 18.8 Å². The molecule has 0 bridgehead atoms. The highest BCUT2D eigenvalue weighted by atomic mass is 16.5. The summed E-state index contributed by atoms with van der Waals surface area (Å²) in [6, 6.07) is 6.77. The van der Waals surface area contributed by atoms with E-state index in [1.807, 2.05) is 0 Å². The molecular weight excluding hydrogens is 260 g/mol. The highest BCUT2D eigenvalue weighted by Crippen LogP contribution is 2.20. The molecule has 0 aliphatic rings. The lowest BCUT2D eigenvalue weighted by Crippen LogP contribution is -2.10. The van der Waals surface area contributed by atoms with Crippen LogP contribution in [0.25, 0.3) is 5.57 Å². The van der Waals surface area contributed by atoms with Crippen molar-refractivity contribution in [3.8, 4) is 5.75 Å². The van der Waals surface area contributed by atoms with Gasteiger partial charge in [0.25, 0.3) is 0 Å². The van der Waals surface area contributed by atoms with Crippen LogP contribution in [0.5, 0.6) is 5.75 Å². The van der Waals surface area contributed by atoms with Crippen molar-refractivity contribution in [3.05, 3.63) is 35.9 Å². The number of rotatable bonds is 6. The van der Waals surface area contributed by atoms with Crippen LogP contribution < -0.4 is 4.74 Å². The van der Waals surface area contributed by atoms with Gasteiger partial charge >= 0.3 is 11.9 Å². The zero-order chi connectivity index (χ0) is 15.0. The molecule has 0 aliphatic heterocycles. The molecule has 0 aromatic heterocycles. The summed E-state index contributed by atoms with van der Waals surface area (Å²) in [7, 11) is 1.55. The average molecular weight is 278 g/mol. The summed E-state index contributed by atoms with van der Waals surface area (Å²) >= 11 is 0. The Hall–Kier alpha value is -2.30. The number of ether oxygens (including phenoxy) is 3. The summed E-state index contributed by atoms with van der Waals surface area (Å²) in [6.45, 7) is 3.88. The minimum atomic E-state index is -0.577. The minimum absolute atomic E-state index is 0.160. The fraction of sp³-hybridized carbons (Fsp3) is 0.333. The molecule has 0 N–H and O–H groups in total. The van der Waals surface area contributed by atoms with E-state index in [2.05, 4.69) is 0 Å². The first kappa shape index (κ1) is 15.8. The lowest BCUT2D eigenvalue weighted by Gasteiger charge is -2.08. The van der Waals surface area contributed by atoms with E-state index in [0.717, 1.165) is 6.08 Å². The van der Waals surface area contributed by atoms with Crippen LogP contribution >= 0.6 is 0 Å². The molecule has 0 saturated carbocycles. The van der Waals surface area contributed by atoms with E-state index in [9.17, 15) is 9.59 Å². The van der Waals surface area contributed by atoms with E-state index in [4.69, 9.17) is 14.2 Å². The van der Waals surface area contributed by atoms with Crippen molar-refractivity contribution in [1.82, 2.24) is 0 Å². The van der Waals surface area contributed by atoms with Gasteiger partial charge in [-0.15, -0.1) is 0 Å². The number of hydrogen-bond donors (Lipinski definition) is 0. The maximum absolute atomic E-state index is 11.9. The van der Waals surface area contributed by atoms with Gasteiger partial charge in [-0.1, -0.05) is 12.1 Å². The molecule has 0 atom stereocenters. The van der Waals surface area contributed by atoms with Gasteiger partial charge in [-0.25, -0.2) is 9.59 Å². The molecule has 5 heteroatoms. The van der Waals surface area contributed by atoms with Crippen molar-refractivity contribution >= 4 is 17.5 Å². The molecule has 5 nitrogen and oxygen atoms in total. The Kier molecular flexibility index (Phi) is 6.29. The van der Waals surface area contributed by atoms with Crippen LogP contribution in [-0.2, 0) is 19.1 Å². The predicted molar refractivity (Wildman–Crippen MR) is 74.2 cm³/mol. The van der Waals surface area contributed by atoms with Gasteiger partial charge in [-0.3, -0.25) is 0 Å². The first-order valence-electron chi connectivity index (χ1n) is 6.32. The van der Waals surface area contributed by atoms with Gasteiger partial charge in [-0.2, -0.15) is 0 Å². The van der Waals surface area contributed by atoms with E-state index in [0.29, 0.717) is 11.3 Å². The van der Waals surface area contributed by atoms with Crippen LogP contribution in [0.4, 0.5) is 0 Å². The quantitative estimate of drug-likeness (QED) is 0.589. The highest BCUT2D eigenvalue weighted by Gasteiger charge is 2.15. The van der Waals surface area contributed by atoms with Crippen molar-refractivity contribution in [3.63, 3.8) is 0 Å². The fourth-order valence-corrected chi connectivity index (χ4v) is 1.54. The highest BCUT2D eigenvalue weighted by molar-refractivity contribution is 6.20. The molecule has 0 radical (unpaired) electrons. The molecule has 108 valence electrons. The van der Waals surface area contributed by atoms with Crippen molar-refractivity contribution in [2.24, 2.45) is 0 Å². The standard InChI is InChI=1S/C15H18O5/c1-4-19-14(16)10-13(15(17)20-5-2)11-6-8-12(18-3)9-7-11/h6-10H,4-5H2,1-3H3/b13-10+. The van der Waals surface area contributed by atoms with Crippen molar-refractivity contribution in [2.45, 2.75) is 13.8 Å². The second kappa shape index (κ2) is 7.99. The summed E-state index contributed by atoms with van der Waals surface area (Å²) in [5, 5.41) is 0. The molecule has 0 unspecified atom stereocenters. The third-order valence-corrected chi connectivity index (χ3v) is 2.45. The molecule has 20 heavy (non-hydrogen) atoms. The molecule has 0 aliphatic carbocycles. The minimum Gasteiger partial charge on any atom is -0.497 e. The lowest BCUT2D eigenvalue weighted by molar-refractivity contribution is -0.139. The van der Waals surface area contributed by atoms with Crippen molar-refractivity contribution in [2.75, 3.05) is 20.3 Å². The Balaban J connectivity index is 3.08. The largest absolute Gasteiger partial charge is 0.497 e. The molecule has 1 rings (SSSR count). The average Bonchev–Trinajstić information content (AvgIpc) is 2.45. The molecule has 0 fully saturated rings. The van der Waals surface area contributed by atoms with Gasteiger partial charge in [0.1, 0.15) is 5.75 Å². The number of carbonyl (C=O) groups excluding carboxylic acids is 2. The maximum atomic E-state index is 11.9. The first-order valence-corrected chi connectivity index (χ1v) is 6.32. The summed E-state index contributed by atoms with van der Waals surface area (Å²) < 4.78 is 14.8. The third-order valence-electron chi connectivity index (χ3n) is 2.45. The second-order valence-electron chi connectivity index (χ2n) is 3.76. The zero-order valence-electron chi connectivity index (χ0n) is 11.8. The maximum Gasteiger partial charge on any atom is 0.338 e. The third kappa shape index (κ3) is 4.42. The number of benzene rings is 1. The van der Waals surface area contributed by atoms with Crippen LogP contribution in [-0.4, -0.2) is 32.3 Å².